The minimum atomic E-state index is -5.18. The maximum atomic E-state index is 13.5. The maximum Gasteiger partial charge on any atom is 0.418 e. The third-order valence-electron chi connectivity index (χ3n) is 6.13. The SMILES string of the molecule is O=C(Cc1ncc(C(F)(F)F)cc1C(F)(F)F)N(CC#Cc1ccc(C2CCNC2)cn1)c1ccc(F)cc1. The van der Waals surface area contributed by atoms with Gasteiger partial charge in [-0.3, -0.25) is 9.78 Å². The number of nitrogens with one attached hydrogen (secondary N) is 1. The number of anilines is 1. The minimum absolute atomic E-state index is 0.0748. The number of alkyl halides is 6. The molecule has 0 saturated carbocycles. The van der Waals surface area contributed by atoms with Gasteiger partial charge in [-0.25, -0.2) is 9.37 Å². The monoisotopic (exact) mass is 550 g/mol. The lowest BCUT2D eigenvalue weighted by molar-refractivity contribution is -0.143. The van der Waals surface area contributed by atoms with Gasteiger partial charge in [0.05, 0.1) is 29.8 Å². The van der Waals surface area contributed by atoms with Gasteiger partial charge in [0.25, 0.3) is 0 Å². The number of rotatable bonds is 5. The summed E-state index contributed by atoms with van der Waals surface area (Å²) < 4.78 is 93.0. The van der Waals surface area contributed by atoms with E-state index in [9.17, 15) is 35.5 Å². The van der Waals surface area contributed by atoms with Crippen molar-refractivity contribution in [1.29, 1.82) is 0 Å². The molecule has 204 valence electrons. The zero-order chi connectivity index (χ0) is 28.2. The Morgan fingerprint density at radius 2 is 1.74 bits per heavy atom. The second-order valence-electron chi connectivity index (χ2n) is 8.82. The molecule has 0 radical (unpaired) electrons. The normalized spacial score (nSPS) is 15.5. The molecule has 0 aliphatic carbocycles. The number of benzene rings is 1. The van der Waals surface area contributed by atoms with Crippen molar-refractivity contribution in [3.8, 4) is 11.8 Å². The van der Waals surface area contributed by atoms with Crippen LogP contribution in [0.25, 0.3) is 0 Å². The molecule has 1 unspecified atom stereocenters. The van der Waals surface area contributed by atoms with Crippen LogP contribution in [0.15, 0.2) is 54.9 Å². The highest BCUT2D eigenvalue weighted by molar-refractivity contribution is 5.95. The number of carbonyl (C=O) groups excluding carboxylic acids is 1. The Bertz CT molecular complexity index is 1370. The number of pyridine rings is 2. The Morgan fingerprint density at radius 1 is 1.00 bits per heavy atom. The van der Waals surface area contributed by atoms with Gasteiger partial charge in [0, 0.05) is 24.6 Å². The van der Waals surface area contributed by atoms with E-state index in [0.29, 0.717) is 11.6 Å². The number of halogens is 7. The lowest BCUT2D eigenvalue weighted by Gasteiger charge is -2.21. The molecule has 1 N–H and O–H groups in total. The summed E-state index contributed by atoms with van der Waals surface area (Å²) in [7, 11) is 0. The highest BCUT2D eigenvalue weighted by Crippen LogP contribution is 2.36. The van der Waals surface area contributed by atoms with Gasteiger partial charge in [0.1, 0.15) is 11.5 Å². The van der Waals surface area contributed by atoms with E-state index >= 15 is 0 Å². The average molecular weight is 550 g/mol. The fourth-order valence-electron chi connectivity index (χ4n) is 4.09. The highest BCUT2D eigenvalue weighted by atomic mass is 19.4. The molecule has 5 nitrogen and oxygen atoms in total. The van der Waals surface area contributed by atoms with Crippen molar-refractivity contribution in [2.75, 3.05) is 24.5 Å². The summed E-state index contributed by atoms with van der Waals surface area (Å²) in [5.74, 6) is 4.35. The fourth-order valence-corrected chi connectivity index (χ4v) is 4.09. The summed E-state index contributed by atoms with van der Waals surface area (Å²) in [5, 5.41) is 3.27. The van der Waals surface area contributed by atoms with Crippen molar-refractivity contribution in [2.45, 2.75) is 31.1 Å². The summed E-state index contributed by atoms with van der Waals surface area (Å²) in [5.41, 5.74) is -2.54. The highest BCUT2D eigenvalue weighted by Gasteiger charge is 2.39. The van der Waals surface area contributed by atoms with E-state index in [-0.39, 0.29) is 24.5 Å². The molecule has 1 aliphatic rings. The minimum Gasteiger partial charge on any atom is -0.316 e. The zero-order valence-electron chi connectivity index (χ0n) is 20.2. The topological polar surface area (TPSA) is 58.1 Å². The Balaban J connectivity index is 1.58. The molecule has 2 aromatic heterocycles. The van der Waals surface area contributed by atoms with Gasteiger partial charge in [-0.15, -0.1) is 0 Å². The van der Waals surface area contributed by atoms with E-state index in [1.807, 2.05) is 6.07 Å². The maximum absolute atomic E-state index is 13.5. The van der Waals surface area contributed by atoms with Crippen LogP contribution in [0.4, 0.5) is 36.4 Å². The molecule has 1 aliphatic heterocycles. The molecule has 1 aromatic carbocycles. The molecule has 1 fully saturated rings. The van der Waals surface area contributed by atoms with E-state index in [2.05, 4.69) is 27.1 Å². The van der Waals surface area contributed by atoms with E-state index in [4.69, 9.17) is 0 Å². The van der Waals surface area contributed by atoms with Gasteiger partial charge < -0.3 is 10.2 Å². The first-order valence-electron chi connectivity index (χ1n) is 11.8. The molecule has 12 heteroatoms. The third-order valence-corrected chi connectivity index (χ3v) is 6.13. The van der Waals surface area contributed by atoms with Gasteiger partial charge in [0.2, 0.25) is 5.91 Å². The number of nitrogens with zero attached hydrogens (tertiary/aromatic N) is 3. The van der Waals surface area contributed by atoms with Gasteiger partial charge >= 0.3 is 12.4 Å². The van der Waals surface area contributed by atoms with Crippen molar-refractivity contribution in [3.05, 3.63) is 88.8 Å². The van der Waals surface area contributed by atoms with Crippen molar-refractivity contribution in [1.82, 2.24) is 15.3 Å². The van der Waals surface area contributed by atoms with Crippen LogP contribution in [0, 0.1) is 17.7 Å². The van der Waals surface area contributed by atoms with Crippen LogP contribution in [-0.4, -0.2) is 35.5 Å². The molecule has 3 heterocycles. The Labute approximate surface area is 219 Å². The van der Waals surface area contributed by atoms with Crippen LogP contribution >= 0.6 is 0 Å². The van der Waals surface area contributed by atoms with E-state index in [1.165, 1.54) is 12.1 Å². The van der Waals surface area contributed by atoms with Gasteiger partial charge in [0.15, 0.2) is 0 Å². The van der Waals surface area contributed by atoms with Crippen LogP contribution < -0.4 is 10.2 Å². The Kier molecular flexibility index (Phi) is 8.20. The number of carbonyl (C=O) groups is 1. The third kappa shape index (κ3) is 7.11. The summed E-state index contributed by atoms with van der Waals surface area (Å²) in [6, 6.07) is 8.12. The molecular weight excluding hydrogens is 529 g/mol. The summed E-state index contributed by atoms with van der Waals surface area (Å²) in [6.45, 7) is 1.47. The fraction of sp³-hybridized carbons (Fsp3) is 0.296. The molecule has 0 bridgehead atoms. The summed E-state index contributed by atoms with van der Waals surface area (Å²) in [4.78, 5) is 21.7. The summed E-state index contributed by atoms with van der Waals surface area (Å²) >= 11 is 0. The Hall–Kier alpha value is -3.98. The van der Waals surface area contributed by atoms with Crippen LogP contribution in [0.2, 0.25) is 0 Å². The van der Waals surface area contributed by atoms with Crippen LogP contribution in [0.1, 0.15) is 40.4 Å². The van der Waals surface area contributed by atoms with Gasteiger partial charge in [-0.05, 0) is 66.8 Å². The second-order valence-corrected chi connectivity index (χ2v) is 8.82. The van der Waals surface area contributed by atoms with Crippen molar-refractivity contribution >= 4 is 11.6 Å². The van der Waals surface area contributed by atoms with Crippen molar-refractivity contribution in [3.63, 3.8) is 0 Å². The number of amides is 1. The summed E-state index contributed by atoms with van der Waals surface area (Å²) in [6.07, 6.45) is -8.25. The first kappa shape index (κ1) is 28.0. The lowest BCUT2D eigenvalue weighted by Crippen LogP contribution is -2.33. The van der Waals surface area contributed by atoms with Gasteiger partial charge in [-0.2, -0.15) is 26.3 Å². The molecule has 0 spiro atoms. The molecule has 3 aromatic rings. The molecule has 4 rings (SSSR count). The molecule has 39 heavy (non-hydrogen) atoms. The second kappa shape index (κ2) is 11.4. The largest absolute Gasteiger partial charge is 0.418 e. The average Bonchev–Trinajstić information content (AvgIpc) is 3.42. The van der Waals surface area contributed by atoms with E-state index < -0.39 is 47.3 Å². The van der Waals surface area contributed by atoms with Crippen LogP contribution in [-0.2, 0) is 23.6 Å². The van der Waals surface area contributed by atoms with Crippen molar-refractivity contribution in [2.24, 2.45) is 0 Å². The predicted octanol–water partition coefficient (Wildman–Crippen LogP) is 5.36. The molecule has 1 saturated heterocycles. The van der Waals surface area contributed by atoms with Gasteiger partial charge in [-0.1, -0.05) is 12.0 Å². The first-order valence-corrected chi connectivity index (χ1v) is 11.8. The quantitative estimate of drug-likeness (QED) is 0.344. The number of hydrogen-bond donors (Lipinski definition) is 1. The standard InChI is InChI=1S/C27H21F7N4O/c28-20-4-7-22(8-5-20)38(11-1-2-21-6-3-17(15-36-21)18-9-10-35-14-18)25(39)13-24-23(27(32,33)34)12-19(16-37-24)26(29,30)31/h3-8,12,15-16,18,35H,9-11,13-14H2. The predicted molar refractivity (Wildman–Crippen MR) is 128 cm³/mol. The number of hydrogen-bond acceptors (Lipinski definition) is 4. The van der Waals surface area contributed by atoms with Crippen LogP contribution in [0.5, 0.6) is 0 Å². The van der Waals surface area contributed by atoms with E-state index in [1.54, 1.807) is 12.3 Å². The number of aromatic nitrogens is 2. The molecular formula is C27H21F7N4O. The molecule has 1 amide bonds. The zero-order valence-corrected chi connectivity index (χ0v) is 20.2. The van der Waals surface area contributed by atoms with Crippen LogP contribution in [0.3, 0.4) is 0 Å². The smallest absolute Gasteiger partial charge is 0.316 e. The Morgan fingerprint density at radius 3 is 2.33 bits per heavy atom. The van der Waals surface area contributed by atoms with Crippen molar-refractivity contribution < 1.29 is 35.5 Å². The van der Waals surface area contributed by atoms with E-state index in [0.717, 1.165) is 42.1 Å². The first-order chi connectivity index (χ1) is 18.4. The molecule has 1 atom stereocenters. The lowest BCUT2D eigenvalue weighted by atomic mass is 10.0.